The van der Waals surface area contributed by atoms with E-state index in [1.807, 2.05) is 12.3 Å². The van der Waals surface area contributed by atoms with Crippen molar-refractivity contribution in [2.75, 3.05) is 12.0 Å². The Morgan fingerprint density at radius 3 is 2.58 bits per heavy atom. The number of nitrogen functional groups attached to an aromatic ring is 1. The normalized spacial score (nSPS) is 10.7. The van der Waals surface area contributed by atoms with Gasteiger partial charge in [-0.15, -0.1) is 0 Å². The number of nitrogens with zero attached hydrogens (tertiary/aromatic N) is 2. The van der Waals surface area contributed by atoms with Crippen LogP contribution in [-0.4, -0.2) is 16.2 Å². The Kier molecular flexibility index (Phi) is 2.92. The molecular weight excluding hydrogens is 170 g/mol. The van der Waals surface area contributed by atoms with Crippen molar-refractivity contribution in [3.8, 4) is 0 Å². The van der Waals surface area contributed by atoms with Crippen LogP contribution in [0.5, 0.6) is 0 Å². The first kappa shape index (κ1) is 9.32. The molecule has 0 fully saturated rings. The van der Waals surface area contributed by atoms with E-state index in [1.165, 1.54) is 11.8 Å². The summed E-state index contributed by atoms with van der Waals surface area (Å²) in [5.74, 6) is 0.958. The molecule has 1 heterocycles. The predicted molar refractivity (Wildman–Crippen MR) is 52.3 cm³/mol. The van der Waals surface area contributed by atoms with Crippen LogP contribution in [0.1, 0.15) is 25.5 Å². The summed E-state index contributed by atoms with van der Waals surface area (Å²) in [6, 6.07) is 1.82. The highest BCUT2D eigenvalue weighted by atomic mass is 32.2. The second-order valence-corrected chi connectivity index (χ2v) is 3.63. The minimum absolute atomic E-state index is 0.404. The molecule has 1 aromatic heterocycles. The number of rotatable bonds is 2. The van der Waals surface area contributed by atoms with E-state index < -0.39 is 0 Å². The maximum absolute atomic E-state index is 5.61. The number of nitrogens with two attached hydrogens (primary N) is 1. The van der Waals surface area contributed by atoms with E-state index in [9.17, 15) is 0 Å². The Labute approximate surface area is 76.8 Å². The summed E-state index contributed by atoms with van der Waals surface area (Å²) in [5.41, 5.74) is 6.61. The standard InChI is InChI=1S/C8H13N3S/c1-5(2)6-4-7(9)11-8(10-6)12-3/h4-5H,1-3H3,(H2,9,10,11). The van der Waals surface area contributed by atoms with Crippen molar-refractivity contribution in [2.45, 2.75) is 24.9 Å². The monoisotopic (exact) mass is 183 g/mol. The minimum atomic E-state index is 0.404. The maximum atomic E-state index is 5.61. The van der Waals surface area contributed by atoms with E-state index in [0.29, 0.717) is 11.7 Å². The van der Waals surface area contributed by atoms with Crippen LogP contribution in [0, 0.1) is 0 Å². The van der Waals surface area contributed by atoms with E-state index in [4.69, 9.17) is 5.73 Å². The minimum Gasteiger partial charge on any atom is -0.384 e. The summed E-state index contributed by atoms with van der Waals surface area (Å²) in [4.78, 5) is 8.39. The van der Waals surface area contributed by atoms with Gasteiger partial charge < -0.3 is 5.73 Å². The number of anilines is 1. The fourth-order valence-corrected chi connectivity index (χ4v) is 1.24. The van der Waals surface area contributed by atoms with Crippen LogP contribution < -0.4 is 5.73 Å². The van der Waals surface area contributed by atoms with Crippen LogP contribution in [0.4, 0.5) is 5.82 Å². The van der Waals surface area contributed by atoms with Crippen LogP contribution in [0.3, 0.4) is 0 Å². The summed E-state index contributed by atoms with van der Waals surface area (Å²) in [6.45, 7) is 4.18. The number of thioether (sulfide) groups is 1. The molecule has 1 aromatic rings. The van der Waals surface area contributed by atoms with Gasteiger partial charge in [0.05, 0.1) is 0 Å². The predicted octanol–water partition coefficient (Wildman–Crippen LogP) is 1.90. The second-order valence-electron chi connectivity index (χ2n) is 2.86. The van der Waals surface area contributed by atoms with E-state index in [-0.39, 0.29) is 0 Å². The van der Waals surface area contributed by atoms with Crippen LogP contribution in [-0.2, 0) is 0 Å². The third-order valence-electron chi connectivity index (χ3n) is 1.52. The molecule has 0 unspecified atom stereocenters. The summed E-state index contributed by atoms with van der Waals surface area (Å²) in [6.07, 6.45) is 1.94. The molecule has 0 bridgehead atoms. The Morgan fingerprint density at radius 2 is 2.08 bits per heavy atom. The van der Waals surface area contributed by atoms with Crippen LogP contribution in [0.25, 0.3) is 0 Å². The van der Waals surface area contributed by atoms with Crippen molar-refractivity contribution in [2.24, 2.45) is 0 Å². The fraction of sp³-hybridized carbons (Fsp3) is 0.500. The summed E-state index contributed by atoms with van der Waals surface area (Å²) < 4.78 is 0. The van der Waals surface area contributed by atoms with E-state index in [0.717, 1.165) is 10.9 Å². The molecule has 0 aliphatic heterocycles. The van der Waals surface area contributed by atoms with E-state index in [2.05, 4.69) is 23.8 Å². The topological polar surface area (TPSA) is 51.8 Å². The van der Waals surface area contributed by atoms with Gasteiger partial charge in [0.2, 0.25) is 0 Å². The lowest BCUT2D eigenvalue weighted by molar-refractivity contribution is 0.782. The number of aromatic nitrogens is 2. The van der Waals surface area contributed by atoms with Gasteiger partial charge in [-0.3, -0.25) is 0 Å². The Morgan fingerprint density at radius 1 is 1.42 bits per heavy atom. The Hall–Kier alpha value is -0.770. The molecule has 2 N–H and O–H groups in total. The lowest BCUT2D eigenvalue weighted by atomic mass is 10.1. The fourth-order valence-electron chi connectivity index (χ4n) is 0.849. The quantitative estimate of drug-likeness (QED) is 0.562. The van der Waals surface area contributed by atoms with E-state index >= 15 is 0 Å². The molecule has 0 aromatic carbocycles. The Balaban J connectivity index is 3.06. The van der Waals surface area contributed by atoms with Gasteiger partial charge in [0.25, 0.3) is 0 Å². The van der Waals surface area contributed by atoms with Crippen molar-refractivity contribution in [3.63, 3.8) is 0 Å². The van der Waals surface area contributed by atoms with Gasteiger partial charge in [0, 0.05) is 11.8 Å². The van der Waals surface area contributed by atoms with Gasteiger partial charge in [-0.05, 0) is 12.2 Å². The average molecular weight is 183 g/mol. The smallest absolute Gasteiger partial charge is 0.189 e. The SMILES string of the molecule is CSc1nc(N)cc(C(C)C)n1. The maximum Gasteiger partial charge on any atom is 0.189 e. The van der Waals surface area contributed by atoms with Gasteiger partial charge in [0.15, 0.2) is 5.16 Å². The molecule has 0 aliphatic rings. The van der Waals surface area contributed by atoms with Crippen LogP contribution >= 0.6 is 11.8 Å². The zero-order chi connectivity index (χ0) is 9.14. The third kappa shape index (κ3) is 2.11. The third-order valence-corrected chi connectivity index (χ3v) is 2.07. The Bertz CT molecular complexity index is 273. The molecule has 0 atom stereocenters. The molecule has 0 radical (unpaired) electrons. The molecule has 3 nitrogen and oxygen atoms in total. The summed E-state index contributed by atoms with van der Waals surface area (Å²) >= 11 is 1.51. The summed E-state index contributed by atoms with van der Waals surface area (Å²) in [5, 5.41) is 0.749. The number of hydrogen-bond donors (Lipinski definition) is 1. The van der Waals surface area contributed by atoms with Gasteiger partial charge in [-0.1, -0.05) is 25.6 Å². The highest BCUT2D eigenvalue weighted by Gasteiger charge is 2.04. The molecule has 0 saturated carbocycles. The average Bonchev–Trinajstić information content (AvgIpc) is 2.03. The molecule has 0 amide bonds. The molecule has 0 saturated heterocycles. The lowest BCUT2D eigenvalue weighted by Crippen LogP contribution is -2.00. The van der Waals surface area contributed by atoms with Crippen molar-refractivity contribution < 1.29 is 0 Å². The first-order chi connectivity index (χ1) is 5.63. The first-order valence-corrected chi connectivity index (χ1v) is 5.04. The molecule has 0 spiro atoms. The zero-order valence-corrected chi connectivity index (χ0v) is 8.35. The highest BCUT2D eigenvalue weighted by Crippen LogP contribution is 2.17. The van der Waals surface area contributed by atoms with Gasteiger partial charge in [0.1, 0.15) is 5.82 Å². The van der Waals surface area contributed by atoms with Gasteiger partial charge in [-0.25, -0.2) is 9.97 Å². The van der Waals surface area contributed by atoms with Crippen molar-refractivity contribution in [1.29, 1.82) is 0 Å². The molecule has 0 aliphatic carbocycles. The van der Waals surface area contributed by atoms with Crippen molar-refractivity contribution in [1.82, 2.24) is 9.97 Å². The largest absolute Gasteiger partial charge is 0.384 e. The van der Waals surface area contributed by atoms with Crippen LogP contribution in [0.2, 0.25) is 0 Å². The first-order valence-electron chi connectivity index (χ1n) is 3.82. The summed E-state index contributed by atoms with van der Waals surface area (Å²) in [7, 11) is 0. The van der Waals surface area contributed by atoms with Gasteiger partial charge >= 0.3 is 0 Å². The van der Waals surface area contributed by atoms with Crippen molar-refractivity contribution >= 4 is 17.6 Å². The zero-order valence-electron chi connectivity index (χ0n) is 7.53. The van der Waals surface area contributed by atoms with E-state index in [1.54, 1.807) is 0 Å². The molecule has 12 heavy (non-hydrogen) atoms. The lowest BCUT2D eigenvalue weighted by Gasteiger charge is -2.05. The second kappa shape index (κ2) is 3.76. The molecule has 1 rings (SSSR count). The van der Waals surface area contributed by atoms with Gasteiger partial charge in [-0.2, -0.15) is 0 Å². The highest BCUT2D eigenvalue weighted by molar-refractivity contribution is 7.98. The van der Waals surface area contributed by atoms with Crippen molar-refractivity contribution in [3.05, 3.63) is 11.8 Å². The molecular formula is C8H13N3S. The molecule has 4 heteroatoms. The number of hydrogen-bond acceptors (Lipinski definition) is 4. The van der Waals surface area contributed by atoms with Crippen LogP contribution in [0.15, 0.2) is 11.2 Å². The molecule has 66 valence electrons.